The third-order valence-electron chi connectivity index (χ3n) is 8.72. The van der Waals surface area contributed by atoms with Gasteiger partial charge in [0.1, 0.15) is 0 Å². The fourth-order valence-corrected chi connectivity index (χ4v) is 6.39. The Balaban J connectivity index is 0.000000173. The number of oxazole rings is 2. The molecule has 0 bridgehead atoms. The van der Waals surface area contributed by atoms with Crippen LogP contribution in [0.4, 0.5) is 0 Å². The number of fused-ring (bicyclic) bond motifs is 2. The van der Waals surface area contributed by atoms with Crippen molar-refractivity contribution in [3.63, 3.8) is 0 Å². The van der Waals surface area contributed by atoms with E-state index in [1.54, 1.807) is 6.07 Å². The number of hydrogen-bond acceptors (Lipinski definition) is 6. The molecule has 0 unspecified atom stereocenters. The summed E-state index contributed by atoms with van der Waals surface area (Å²) in [6, 6.07) is 27.0. The molecule has 4 aromatic heterocycles. The second-order valence-corrected chi connectivity index (χ2v) is 12.9. The van der Waals surface area contributed by atoms with Gasteiger partial charge in [-0.25, -0.2) is 9.97 Å². The van der Waals surface area contributed by atoms with E-state index < -0.39 is 0 Å². The van der Waals surface area contributed by atoms with E-state index in [1.807, 2.05) is 49.9 Å². The third kappa shape index (κ3) is 6.59. The molecule has 8 rings (SSSR count). The maximum absolute atomic E-state index is 5.59. The molecule has 9 heteroatoms. The van der Waals surface area contributed by atoms with Gasteiger partial charge in [0.25, 0.3) is 0 Å². The predicted octanol–water partition coefficient (Wildman–Crippen LogP) is 10.1. The molecule has 0 spiro atoms. The normalized spacial score (nSPS) is 11.3. The molecule has 0 aliphatic rings. The van der Waals surface area contributed by atoms with Crippen LogP contribution in [0.2, 0.25) is 0 Å². The number of benzene rings is 4. The topological polar surface area (TPSA) is 87.7 Å². The fourth-order valence-electron chi connectivity index (χ4n) is 6.39. The molecule has 0 aliphatic carbocycles. The van der Waals surface area contributed by atoms with Crippen molar-refractivity contribution in [1.82, 2.24) is 29.1 Å². The predicted molar refractivity (Wildman–Crippen MR) is 193 cm³/mol. The summed E-state index contributed by atoms with van der Waals surface area (Å²) in [7, 11) is 0. The number of rotatable bonds is 6. The van der Waals surface area contributed by atoms with Gasteiger partial charge in [0, 0.05) is 74.2 Å². The minimum absolute atomic E-state index is 0. The van der Waals surface area contributed by atoms with E-state index in [0.717, 1.165) is 50.7 Å². The van der Waals surface area contributed by atoms with E-state index in [9.17, 15) is 0 Å². The van der Waals surface area contributed by atoms with E-state index in [0.29, 0.717) is 17.7 Å². The monoisotopic (exact) mass is 839 g/mol. The second-order valence-electron chi connectivity index (χ2n) is 12.9. The van der Waals surface area contributed by atoms with Crippen molar-refractivity contribution in [3.8, 4) is 34.2 Å². The van der Waals surface area contributed by atoms with Crippen molar-refractivity contribution in [2.45, 2.75) is 60.3 Å². The molecule has 0 fully saturated rings. The maximum atomic E-state index is 5.59. The number of aromatic nitrogens is 6. The van der Waals surface area contributed by atoms with E-state index in [4.69, 9.17) is 8.83 Å². The standard InChI is InChI=1S/C23H24N3O.C18H14N3O.Ir/c1-14(2)18-7-6-8-19(15(3)4)22(18)26-12-11-24-23(26)17-9-10-21-20(13-17)25-16(5)27-21;1-12-4-3-5-13(2)17(12)21-9-8-19-18(21)14-6-7-16-15(10-14)20-11-22-16;/h6-8,10-15H,1-5H3;3-5,7-11H,1-2H3;/q2*-1;. The minimum atomic E-state index is 0. The first kappa shape index (κ1) is 34.7. The van der Waals surface area contributed by atoms with Crippen LogP contribution in [0.5, 0.6) is 0 Å². The van der Waals surface area contributed by atoms with E-state index >= 15 is 0 Å². The largest absolute Gasteiger partial charge is 0.490 e. The molecule has 0 atom stereocenters. The summed E-state index contributed by atoms with van der Waals surface area (Å²) < 4.78 is 15.1. The number of imidazole rings is 2. The van der Waals surface area contributed by atoms with Crippen LogP contribution in [-0.2, 0) is 20.1 Å². The number of hydrogen-bond donors (Lipinski definition) is 0. The molecular formula is C41H38IrN6O2-2. The molecule has 8 nitrogen and oxygen atoms in total. The number of nitrogens with zero attached hydrogens (tertiary/aromatic N) is 6. The number of para-hydroxylation sites is 2. The zero-order valence-electron chi connectivity index (χ0n) is 29.1. The van der Waals surface area contributed by atoms with Crippen molar-refractivity contribution in [1.29, 1.82) is 0 Å². The van der Waals surface area contributed by atoms with Crippen LogP contribution in [0.25, 0.3) is 56.3 Å². The Morgan fingerprint density at radius 1 is 0.660 bits per heavy atom. The second kappa shape index (κ2) is 14.4. The van der Waals surface area contributed by atoms with Crippen LogP contribution < -0.4 is 0 Å². The molecule has 4 aromatic carbocycles. The van der Waals surface area contributed by atoms with Crippen molar-refractivity contribution >= 4 is 22.2 Å². The van der Waals surface area contributed by atoms with E-state index in [-0.39, 0.29) is 20.1 Å². The molecule has 255 valence electrons. The van der Waals surface area contributed by atoms with Gasteiger partial charge in [-0.2, -0.15) is 0 Å². The molecule has 8 aromatic rings. The first-order valence-corrected chi connectivity index (χ1v) is 16.5. The van der Waals surface area contributed by atoms with Crippen LogP contribution in [0.15, 0.2) is 101 Å². The molecule has 0 saturated heterocycles. The molecule has 0 N–H and O–H groups in total. The molecule has 0 amide bonds. The van der Waals surface area contributed by atoms with Gasteiger partial charge >= 0.3 is 0 Å². The SMILES string of the molecule is Cc1cccc(C)c1-n1ccnc1-c1[c-]cc2ocnc2c1.Cc1nc2cc(-c3nccn3-c3c(C(C)C)cccc3C(C)C)[c-]cc2o1.[Ir]. The first-order chi connectivity index (χ1) is 23.7. The molecule has 0 saturated carbocycles. The van der Waals surface area contributed by atoms with Gasteiger partial charge in [-0.3, -0.25) is 9.97 Å². The first-order valence-electron chi connectivity index (χ1n) is 16.5. The van der Waals surface area contributed by atoms with Crippen molar-refractivity contribution < 1.29 is 28.9 Å². The van der Waals surface area contributed by atoms with Crippen molar-refractivity contribution in [3.05, 3.63) is 132 Å². The molecular weight excluding hydrogens is 801 g/mol. The summed E-state index contributed by atoms with van der Waals surface area (Å²) in [6.07, 6.45) is 9.12. The molecule has 50 heavy (non-hydrogen) atoms. The van der Waals surface area contributed by atoms with Gasteiger partial charge in [0.2, 0.25) is 0 Å². The summed E-state index contributed by atoms with van der Waals surface area (Å²) in [5.41, 5.74) is 12.4. The number of aryl methyl sites for hydroxylation is 3. The zero-order chi connectivity index (χ0) is 34.2. The molecule has 0 aliphatic heterocycles. The van der Waals surface area contributed by atoms with Crippen LogP contribution in [0.3, 0.4) is 0 Å². The summed E-state index contributed by atoms with van der Waals surface area (Å²) in [4.78, 5) is 17.8. The van der Waals surface area contributed by atoms with Gasteiger partial charge in [-0.15, -0.1) is 47.5 Å². The third-order valence-corrected chi connectivity index (χ3v) is 8.72. The Morgan fingerprint density at radius 2 is 1.20 bits per heavy atom. The zero-order valence-corrected chi connectivity index (χ0v) is 31.5. The van der Waals surface area contributed by atoms with Crippen molar-refractivity contribution in [2.75, 3.05) is 0 Å². The van der Waals surface area contributed by atoms with E-state index in [2.05, 4.69) is 119 Å². The van der Waals surface area contributed by atoms with Gasteiger partial charge in [0.15, 0.2) is 12.3 Å². The fraction of sp³-hybridized carbons (Fsp3) is 0.220. The molecule has 1 radical (unpaired) electrons. The van der Waals surface area contributed by atoms with Crippen LogP contribution in [-0.4, -0.2) is 29.1 Å². The average molecular weight is 839 g/mol. The van der Waals surface area contributed by atoms with Gasteiger partial charge in [-0.05, 0) is 47.9 Å². The van der Waals surface area contributed by atoms with E-state index in [1.165, 1.54) is 34.3 Å². The van der Waals surface area contributed by atoms with Gasteiger partial charge in [0.05, 0.1) is 22.8 Å². The quantitative estimate of drug-likeness (QED) is 0.155. The smallest absolute Gasteiger partial charge is 0.180 e. The molecule has 4 heterocycles. The summed E-state index contributed by atoms with van der Waals surface area (Å²) in [5.74, 6) is 3.21. The van der Waals surface area contributed by atoms with Gasteiger partial charge < -0.3 is 18.0 Å². The van der Waals surface area contributed by atoms with Crippen molar-refractivity contribution in [2.24, 2.45) is 0 Å². The minimum Gasteiger partial charge on any atom is -0.490 e. The average Bonchev–Trinajstić information content (AvgIpc) is 3.90. The Bertz CT molecular complexity index is 2360. The van der Waals surface area contributed by atoms with Crippen LogP contribution >= 0.6 is 0 Å². The van der Waals surface area contributed by atoms with Crippen LogP contribution in [0.1, 0.15) is 67.7 Å². The Morgan fingerprint density at radius 3 is 1.80 bits per heavy atom. The Hall–Kier alpha value is -5.11. The Labute approximate surface area is 305 Å². The summed E-state index contributed by atoms with van der Waals surface area (Å²) in [5, 5.41) is 0. The summed E-state index contributed by atoms with van der Waals surface area (Å²) >= 11 is 0. The van der Waals surface area contributed by atoms with Crippen LogP contribution in [0, 0.1) is 32.9 Å². The Kier molecular flexibility index (Phi) is 10.0. The maximum Gasteiger partial charge on any atom is 0.180 e. The summed E-state index contributed by atoms with van der Waals surface area (Å²) in [6.45, 7) is 15.0. The van der Waals surface area contributed by atoms with Gasteiger partial charge in [-0.1, -0.05) is 64.1 Å².